The van der Waals surface area contributed by atoms with Crippen LogP contribution in [-0.4, -0.2) is 47.2 Å². The zero-order chi connectivity index (χ0) is 11.1. The third-order valence-corrected chi connectivity index (χ3v) is 3.06. The molecule has 0 amide bonds. The van der Waals surface area contributed by atoms with E-state index in [4.69, 9.17) is 9.47 Å². The molecule has 0 radical (unpaired) electrons. The van der Waals surface area contributed by atoms with Crippen LogP contribution >= 0.6 is 0 Å². The Morgan fingerprint density at radius 1 is 1.67 bits per heavy atom. The van der Waals surface area contributed by atoms with Crippen molar-refractivity contribution in [3.8, 4) is 0 Å². The Bertz CT molecular complexity index is 265. The molecule has 0 aromatic heterocycles. The number of carbonyl (C=O) groups is 1. The molecule has 0 aromatic rings. The van der Waals surface area contributed by atoms with Gasteiger partial charge in [-0.25, -0.2) is 0 Å². The molecule has 2 N–H and O–H groups in total. The van der Waals surface area contributed by atoms with Crippen molar-refractivity contribution in [1.82, 2.24) is 0 Å². The lowest BCUT2D eigenvalue weighted by molar-refractivity contribution is -0.197. The fourth-order valence-corrected chi connectivity index (χ4v) is 2.30. The molecule has 0 aromatic carbocycles. The van der Waals surface area contributed by atoms with Crippen LogP contribution in [0, 0.1) is 5.92 Å². The molecule has 0 aliphatic carbocycles. The smallest absolute Gasteiger partial charge is 0.312 e. The number of esters is 1. The van der Waals surface area contributed by atoms with Gasteiger partial charge in [-0.1, -0.05) is 0 Å². The van der Waals surface area contributed by atoms with E-state index in [-0.39, 0.29) is 24.9 Å². The summed E-state index contributed by atoms with van der Waals surface area (Å²) in [6.07, 6.45) is -0.791. The molecule has 0 spiro atoms. The first-order valence-corrected chi connectivity index (χ1v) is 5.20. The highest BCUT2D eigenvalue weighted by molar-refractivity contribution is 5.74. The van der Waals surface area contributed by atoms with Gasteiger partial charge in [-0.3, -0.25) is 4.79 Å². The fraction of sp³-hybridized carbons (Fsp3) is 0.900. The minimum Gasteiger partial charge on any atom is -0.453 e. The van der Waals surface area contributed by atoms with Gasteiger partial charge in [0.25, 0.3) is 0 Å². The topological polar surface area (TPSA) is 76.0 Å². The van der Waals surface area contributed by atoms with E-state index in [1.807, 2.05) is 0 Å². The normalized spacial score (nSPS) is 42.2. The summed E-state index contributed by atoms with van der Waals surface area (Å²) in [5.74, 6) is -0.678. The Labute approximate surface area is 88.0 Å². The van der Waals surface area contributed by atoms with Crippen LogP contribution in [0.5, 0.6) is 0 Å². The number of rotatable bonds is 2. The van der Waals surface area contributed by atoms with Crippen molar-refractivity contribution in [2.45, 2.75) is 37.6 Å². The Hall–Kier alpha value is -0.650. The molecule has 5 heteroatoms. The number of ether oxygens (including phenoxy) is 2. The Morgan fingerprint density at radius 2 is 2.40 bits per heavy atom. The summed E-state index contributed by atoms with van der Waals surface area (Å²) < 4.78 is 10.6. The molecule has 5 nitrogen and oxygen atoms in total. The average molecular weight is 216 g/mol. The van der Waals surface area contributed by atoms with Gasteiger partial charge in [0, 0.05) is 6.42 Å². The lowest BCUT2D eigenvalue weighted by Crippen LogP contribution is -2.54. The second kappa shape index (κ2) is 3.73. The van der Waals surface area contributed by atoms with Crippen molar-refractivity contribution < 1.29 is 24.5 Å². The van der Waals surface area contributed by atoms with Crippen LogP contribution < -0.4 is 0 Å². The predicted octanol–water partition coefficient (Wildman–Crippen LogP) is -0.550. The van der Waals surface area contributed by atoms with E-state index in [0.717, 1.165) is 0 Å². The largest absolute Gasteiger partial charge is 0.453 e. The second-order valence-corrected chi connectivity index (χ2v) is 4.50. The Balaban J connectivity index is 2.22. The van der Waals surface area contributed by atoms with Gasteiger partial charge in [-0.05, 0) is 13.3 Å². The quantitative estimate of drug-likeness (QED) is 0.606. The Kier molecular flexibility index (Phi) is 2.70. The van der Waals surface area contributed by atoms with Crippen LogP contribution in [-0.2, 0) is 14.3 Å². The molecule has 86 valence electrons. The number of aliphatic hydroxyl groups is 2. The summed E-state index contributed by atoms with van der Waals surface area (Å²) in [6.45, 7) is 2.07. The van der Waals surface area contributed by atoms with Crippen LogP contribution in [0.3, 0.4) is 0 Å². The number of carbonyl (C=O) groups excluding carboxylic acids is 1. The van der Waals surface area contributed by atoms with Crippen LogP contribution in [0.1, 0.15) is 19.8 Å². The molecular weight excluding hydrogens is 200 g/mol. The minimum atomic E-state index is -1.04. The van der Waals surface area contributed by atoms with Crippen molar-refractivity contribution in [2.75, 3.05) is 13.2 Å². The van der Waals surface area contributed by atoms with Gasteiger partial charge in [0.2, 0.25) is 0 Å². The first-order chi connectivity index (χ1) is 7.03. The van der Waals surface area contributed by atoms with Gasteiger partial charge in [-0.15, -0.1) is 0 Å². The van der Waals surface area contributed by atoms with E-state index in [1.54, 1.807) is 6.92 Å². The van der Waals surface area contributed by atoms with E-state index in [1.165, 1.54) is 0 Å². The molecule has 3 aliphatic rings. The number of aliphatic hydroxyl groups excluding tert-OH is 2. The molecule has 4 atom stereocenters. The molecule has 2 bridgehead atoms. The summed E-state index contributed by atoms with van der Waals surface area (Å²) in [5, 5.41) is 19.3. The van der Waals surface area contributed by atoms with Crippen LogP contribution in [0.4, 0.5) is 0 Å². The van der Waals surface area contributed by atoms with E-state index < -0.39 is 17.8 Å². The van der Waals surface area contributed by atoms with Crippen molar-refractivity contribution in [1.29, 1.82) is 0 Å². The van der Waals surface area contributed by atoms with Crippen molar-refractivity contribution in [3.05, 3.63) is 0 Å². The lowest BCUT2D eigenvalue weighted by Gasteiger charge is -2.40. The second-order valence-electron chi connectivity index (χ2n) is 4.50. The molecule has 3 heterocycles. The third-order valence-electron chi connectivity index (χ3n) is 3.06. The summed E-state index contributed by atoms with van der Waals surface area (Å²) in [6, 6.07) is 0. The van der Waals surface area contributed by atoms with Gasteiger partial charge in [0.15, 0.2) is 5.60 Å². The van der Waals surface area contributed by atoms with Gasteiger partial charge in [0.1, 0.15) is 0 Å². The molecule has 4 unspecified atom stereocenters. The molecule has 3 saturated heterocycles. The SMILES string of the molecule is CC(O)CC12COCC(CC1O)C(=O)O2. The monoisotopic (exact) mass is 216 g/mol. The van der Waals surface area contributed by atoms with Crippen LogP contribution in [0.2, 0.25) is 0 Å². The number of hydrogen-bond donors (Lipinski definition) is 2. The molecule has 3 rings (SSSR count). The predicted molar refractivity (Wildman–Crippen MR) is 50.1 cm³/mol. The van der Waals surface area contributed by atoms with Gasteiger partial charge < -0.3 is 19.7 Å². The van der Waals surface area contributed by atoms with Gasteiger partial charge >= 0.3 is 5.97 Å². The highest BCUT2D eigenvalue weighted by Gasteiger charge is 2.52. The first kappa shape index (κ1) is 10.9. The van der Waals surface area contributed by atoms with Crippen LogP contribution in [0.15, 0.2) is 0 Å². The molecule has 3 fully saturated rings. The highest BCUT2D eigenvalue weighted by atomic mass is 16.6. The summed E-state index contributed by atoms with van der Waals surface area (Å²) >= 11 is 0. The van der Waals surface area contributed by atoms with Gasteiger partial charge in [0.05, 0.1) is 31.3 Å². The number of fused-ring (bicyclic) bond motifs is 4. The maximum atomic E-state index is 11.5. The van der Waals surface area contributed by atoms with Crippen LogP contribution in [0.25, 0.3) is 0 Å². The maximum Gasteiger partial charge on any atom is 0.312 e. The van der Waals surface area contributed by atoms with Gasteiger partial charge in [-0.2, -0.15) is 0 Å². The molecular formula is C10H16O5. The fourth-order valence-electron chi connectivity index (χ4n) is 2.30. The van der Waals surface area contributed by atoms with Crippen molar-refractivity contribution in [3.63, 3.8) is 0 Å². The Morgan fingerprint density at radius 3 is 3.07 bits per heavy atom. The van der Waals surface area contributed by atoms with E-state index in [2.05, 4.69) is 0 Å². The molecule has 0 saturated carbocycles. The third kappa shape index (κ3) is 1.87. The van der Waals surface area contributed by atoms with E-state index >= 15 is 0 Å². The summed E-state index contributed by atoms with van der Waals surface area (Å²) in [4.78, 5) is 11.5. The zero-order valence-electron chi connectivity index (χ0n) is 8.68. The lowest BCUT2D eigenvalue weighted by atomic mass is 9.84. The van der Waals surface area contributed by atoms with E-state index in [9.17, 15) is 15.0 Å². The van der Waals surface area contributed by atoms with Crippen molar-refractivity contribution >= 4 is 5.97 Å². The standard InChI is InChI=1S/C10H16O5/c1-6(11)3-10-5-14-4-7(2-8(10)12)9(13)15-10/h6-8,11-12H,2-5H2,1H3. The zero-order valence-corrected chi connectivity index (χ0v) is 8.68. The molecule has 15 heavy (non-hydrogen) atoms. The highest BCUT2D eigenvalue weighted by Crippen LogP contribution is 2.36. The first-order valence-electron chi connectivity index (χ1n) is 5.20. The maximum absolute atomic E-state index is 11.5. The summed E-state index contributed by atoms with van der Waals surface area (Å²) in [5.41, 5.74) is -1.04. The number of hydrogen-bond acceptors (Lipinski definition) is 5. The van der Waals surface area contributed by atoms with Crippen molar-refractivity contribution in [2.24, 2.45) is 5.92 Å². The molecule has 3 aliphatic heterocycles. The summed E-state index contributed by atoms with van der Waals surface area (Å²) in [7, 11) is 0. The van der Waals surface area contributed by atoms with E-state index in [0.29, 0.717) is 13.0 Å². The average Bonchev–Trinajstić information content (AvgIpc) is 2.34. The minimum absolute atomic E-state index is 0.168.